The van der Waals surface area contributed by atoms with Gasteiger partial charge in [-0.3, -0.25) is 14.2 Å². The normalized spacial score (nSPS) is 10.6. The number of aromatic nitrogens is 2. The van der Waals surface area contributed by atoms with Crippen LogP contribution in [0.1, 0.15) is 12.5 Å². The minimum Gasteiger partial charge on any atom is -0.312 e. The molecule has 0 aliphatic heterocycles. The number of hydrogen-bond donors (Lipinski definition) is 0. The molecule has 0 saturated carbocycles. The molecule has 0 saturated heterocycles. The van der Waals surface area contributed by atoms with Gasteiger partial charge < -0.3 is 4.90 Å². The van der Waals surface area contributed by atoms with Gasteiger partial charge in [0.15, 0.2) is 5.16 Å². The number of nitriles is 1. The smallest absolute Gasteiger partial charge is 0.266 e. The first kappa shape index (κ1) is 21.3. The van der Waals surface area contributed by atoms with Crippen molar-refractivity contribution in [1.82, 2.24) is 9.55 Å². The molecule has 0 spiro atoms. The highest BCUT2D eigenvalue weighted by Gasteiger charge is 2.18. The van der Waals surface area contributed by atoms with E-state index in [1.165, 1.54) is 16.3 Å². The van der Waals surface area contributed by atoms with Crippen LogP contribution in [0, 0.1) is 11.3 Å². The van der Waals surface area contributed by atoms with E-state index in [0.717, 1.165) is 5.69 Å². The van der Waals surface area contributed by atoms with Gasteiger partial charge in [-0.15, -0.1) is 0 Å². The summed E-state index contributed by atoms with van der Waals surface area (Å²) < 4.78 is 1.50. The molecule has 158 valence electrons. The Labute approximate surface area is 189 Å². The summed E-state index contributed by atoms with van der Waals surface area (Å²) in [6.45, 7) is 2.47. The first-order chi connectivity index (χ1) is 15.6. The van der Waals surface area contributed by atoms with Crippen LogP contribution in [0.3, 0.4) is 0 Å². The summed E-state index contributed by atoms with van der Waals surface area (Å²) in [6.07, 6.45) is 0. The zero-order valence-corrected chi connectivity index (χ0v) is 18.2. The third-order valence-corrected chi connectivity index (χ3v) is 5.93. The van der Waals surface area contributed by atoms with E-state index in [-0.39, 0.29) is 17.2 Å². The van der Waals surface area contributed by atoms with Gasteiger partial charge in [0.2, 0.25) is 5.91 Å². The van der Waals surface area contributed by atoms with Gasteiger partial charge in [-0.25, -0.2) is 4.98 Å². The molecule has 3 aromatic carbocycles. The number of amides is 1. The van der Waals surface area contributed by atoms with Crippen LogP contribution in [0.5, 0.6) is 0 Å². The molecule has 0 radical (unpaired) electrons. The second-order valence-electron chi connectivity index (χ2n) is 6.97. The van der Waals surface area contributed by atoms with Crippen LogP contribution in [-0.2, 0) is 4.79 Å². The molecule has 0 bridgehead atoms. The van der Waals surface area contributed by atoms with Crippen molar-refractivity contribution in [2.75, 3.05) is 17.2 Å². The monoisotopic (exact) mass is 440 g/mol. The van der Waals surface area contributed by atoms with E-state index in [1.807, 2.05) is 43.3 Å². The van der Waals surface area contributed by atoms with Gasteiger partial charge in [-0.05, 0) is 55.5 Å². The number of hydrogen-bond acceptors (Lipinski definition) is 5. The predicted octanol–water partition coefficient (Wildman–Crippen LogP) is 4.40. The average Bonchev–Trinajstić information content (AvgIpc) is 2.84. The van der Waals surface area contributed by atoms with E-state index < -0.39 is 0 Å². The molecule has 0 N–H and O–H groups in total. The Balaban J connectivity index is 1.72. The van der Waals surface area contributed by atoms with Gasteiger partial charge in [0.1, 0.15) is 0 Å². The Morgan fingerprint density at radius 3 is 2.41 bits per heavy atom. The highest BCUT2D eigenvalue weighted by Crippen LogP contribution is 2.23. The standard InChI is InChI=1S/C25H20N4O2S/c1-2-28(19-8-4-3-5-9-19)23(30)17-32-25-27-22-11-7-6-10-21(22)24(31)29(25)20-14-12-18(16-26)13-15-20/h3-15H,2,17H2,1H3. The number of carbonyl (C=O) groups excluding carboxylic acids is 1. The summed E-state index contributed by atoms with van der Waals surface area (Å²) >= 11 is 1.22. The number of nitrogens with zero attached hydrogens (tertiary/aromatic N) is 4. The fourth-order valence-corrected chi connectivity index (χ4v) is 4.33. The lowest BCUT2D eigenvalue weighted by atomic mass is 10.2. The molecule has 0 fully saturated rings. The number of thioether (sulfide) groups is 1. The molecule has 4 rings (SSSR count). The van der Waals surface area contributed by atoms with Crippen LogP contribution in [0.4, 0.5) is 5.69 Å². The SMILES string of the molecule is CCN(C(=O)CSc1nc2ccccc2c(=O)n1-c1ccc(C#N)cc1)c1ccccc1. The zero-order valence-electron chi connectivity index (χ0n) is 17.4. The van der Waals surface area contributed by atoms with Crippen LogP contribution in [0.15, 0.2) is 88.8 Å². The van der Waals surface area contributed by atoms with Gasteiger partial charge in [0.25, 0.3) is 5.56 Å². The largest absolute Gasteiger partial charge is 0.312 e. The maximum Gasteiger partial charge on any atom is 0.266 e. The van der Waals surface area contributed by atoms with Gasteiger partial charge in [-0.2, -0.15) is 5.26 Å². The van der Waals surface area contributed by atoms with E-state index in [1.54, 1.807) is 47.4 Å². The molecule has 0 unspecified atom stereocenters. The highest BCUT2D eigenvalue weighted by molar-refractivity contribution is 7.99. The van der Waals surface area contributed by atoms with E-state index >= 15 is 0 Å². The summed E-state index contributed by atoms with van der Waals surface area (Å²) in [6, 6.07) is 25.5. The molecule has 1 heterocycles. The number of benzene rings is 3. The first-order valence-corrected chi connectivity index (χ1v) is 11.1. The molecule has 0 aliphatic carbocycles. The fourth-order valence-electron chi connectivity index (χ4n) is 3.44. The van der Waals surface area contributed by atoms with Crippen molar-refractivity contribution in [2.24, 2.45) is 0 Å². The maximum atomic E-state index is 13.3. The van der Waals surface area contributed by atoms with Crippen molar-refractivity contribution in [2.45, 2.75) is 12.1 Å². The Morgan fingerprint density at radius 2 is 1.72 bits per heavy atom. The van der Waals surface area contributed by atoms with E-state index in [4.69, 9.17) is 5.26 Å². The molecule has 1 aromatic heterocycles. The molecule has 0 aliphatic rings. The quantitative estimate of drug-likeness (QED) is 0.328. The van der Waals surface area contributed by atoms with Gasteiger partial charge in [0, 0.05) is 12.2 Å². The molecule has 32 heavy (non-hydrogen) atoms. The van der Waals surface area contributed by atoms with E-state index in [2.05, 4.69) is 11.1 Å². The van der Waals surface area contributed by atoms with Crippen molar-refractivity contribution in [3.63, 3.8) is 0 Å². The molecule has 4 aromatic rings. The Hall–Kier alpha value is -3.89. The zero-order chi connectivity index (χ0) is 22.5. The summed E-state index contributed by atoms with van der Waals surface area (Å²) in [5.41, 5.74) is 2.29. The fraction of sp³-hybridized carbons (Fsp3) is 0.120. The maximum absolute atomic E-state index is 13.3. The summed E-state index contributed by atoms with van der Waals surface area (Å²) in [5, 5.41) is 10.0. The lowest BCUT2D eigenvalue weighted by molar-refractivity contribution is -0.116. The van der Waals surface area contributed by atoms with Gasteiger partial charge in [-0.1, -0.05) is 42.1 Å². The van der Waals surface area contributed by atoms with Crippen molar-refractivity contribution >= 4 is 34.3 Å². The third kappa shape index (κ3) is 4.27. The van der Waals surface area contributed by atoms with Crippen molar-refractivity contribution in [3.05, 3.63) is 94.8 Å². The van der Waals surface area contributed by atoms with Gasteiger partial charge in [0.05, 0.1) is 34.0 Å². The number of rotatable bonds is 6. The lowest BCUT2D eigenvalue weighted by Gasteiger charge is -2.21. The highest BCUT2D eigenvalue weighted by atomic mass is 32.2. The number of fused-ring (bicyclic) bond motifs is 1. The van der Waals surface area contributed by atoms with Gasteiger partial charge >= 0.3 is 0 Å². The third-order valence-electron chi connectivity index (χ3n) is 5.01. The molecule has 0 atom stereocenters. The summed E-state index contributed by atoms with van der Waals surface area (Å²) in [4.78, 5) is 32.7. The van der Waals surface area contributed by atoms with Crippen LogP contribution < -0.4 is 10.5 Å². The van der Waals surface area contributed by atoms with Crippen LogP contribution in [0.25, 0.3) is 16.6 Å². The van der Waals surface area contributed by atoms with Crippen LogP contribution in [0.2, 0.25) is 0 Å². The van der Waals surface area contributed by atoms with Crippen molar-refractivity contribution < 1.29 is 4.79 Å². The summed E-state index contributed by atoms with van der Waals surface area (Å²) in [7, 11) is 0. The number of anilines is 1. The second kappa shape index (κ2) is 9.50. The topological polar surface area (TPSA) is 79.0 Å². The molecule has 1 amide bonds. The van der Waals surface area contributed by atoms with E-state index in [9.17, 15) is 9.59 Å². The lowest BCUT2D eigenvalue weighted by Crippen LogP contribution is -2.32. The minimum atomic E-state index is -0.217. The first-order valence-electron chi connectivity index (χ1n) is 10.1. The van der Waals surface area contributed by atoms with E-state index in [0.29, 0.717) is 33.9 Å². The van der Waals surface area contributed by atoms with Crippen LogP contribution in [-0.4, -0.2) is 27.8 Å². The minimum absolute atomic E-state index is 0.0718. The second-order valence-corrected chi connectivity index (χ2v) is 7.92. The average molecular weight is 441 g/mol. The molecule has 6 nitrogen and oxygen atoms in total. The Kier molecular flexibility index (Phi) is 6.34. The molecular formula is C25H20N4O2S. The Morgan fingerprint density at radius 1 is 1.03 bits per heavy atom. The molecular weight excluding hydrogens is 420 g/mol. The number of carbonyl (C=O) groups is 1. The number of para-hydroxylation sites is 2. The molecule has 7 heteroatoms. The summed E-state index contributed by atoms with van der Waals surface area (Å²) in [5.74, 6) is 0.0570. The van der Waals surface area contributed by atoms with Crippen LogP contribution >= 0.6 is 11.8 Å². The van der Waals surface area contributed by atoms with Crippen molar-refractivity contribution in [1.29, 1.82) is 5.26 Å². The predicted molar refractivity (Wildman–Crippen MR) is 127 cm³/mol. The van der Waals surface area contributed by atoms with Crippen molar-refractivity contribution in [3.8, 4) is 11.8 Å². The Bertz CT molecular complexity index is 1360.